The second kappa shape index (κ2) is 4.23. The normalized spacial score (nSPS) is 20.9. The van der Waals surface area contributed by atoms with E-state index in [0.717, 1.165) is 22.8 Å². The molecule has 94 valence electrons. The third-order valence-corrected chi connectivity index (χ3v) is 4.68. The van der Waals surface area contributed by atoms with Crippen molar-refractivity contribution in [3.63, 3.8) is 0 Å². The number of nitrogens with one attached hydrogen (secondary N) is 1. The van der Waals surface area contributed by atoms with Crippen molar-refractivity contribution < 1.29 is 0 Å². The number of anilines is 1. The number of fused-ring (bicyclic) bond motifs is 1. The highest BCUT2D eigenvalue weighted by Gasteiger charge is 2.45. The largest absolute Gasteiger partial charge is 0.369 e. The van der Waals surface area contributed by atoms with E-state index >= 15 is 0 Å². The van der Waals surface area contributed by atoms with Crippen LogP contribution in [0, 0.1) is 11.3 Å². The number of hydrogen-bond acceptors (Lipinski definition) is 2. The molecule has 1 aliphatic carbocycles. The molecule has 1 atom stereocenters. The fraction of sp³-hybridized carbons (Fsp3) is 0.400. The van der Waals surface area contributed by atoms with Gasteiger partial charge in [-0.15, -0.1) is 0 Å². The minimum absolute atomic E-state index is 0.512. The molecule has 2 nitrogen and oxygen atoms in total. The molecule has 3 heteroatoms. The van der Waals surface area contributed by atoms with Crippen LogP contribution in [0.4, 0.5) is 5.82 Å². The Hall–Kier alpha value is -1.09. The molecule has 0 aliphatic heterocycles. The molecular formula is C15H17BrN2. The van der Waals surface area contributed by atoms with Crippen molar-refractivity contribution in [3.8, 4) is 0 Å². The minimum Gasteiger partial charge on any atom is -0.369 e. The first-order chi connectivity index (χ1) is 8.58. The molecule has 2 aromatic rings. The quantitative estimate of drug-likeness (QED) is 0.906. The SMILES string of the molecule is CC1(C)CC1CNc1nccc2c(Br)cccc12. The number of benzene rings is 1. The molecule has 0 bridgehead atoms. The van der Waals surface area contributed by atoms with E-state index in [0.29, 0.717) is 5.41 Å². The van der Waals surface area contributed by atoms with Crippen molar-refractivity contribution in [1.29, 1.82) is 0 Å². The number of nitrogens with zero attached hydrogens (tertiary/aromatic N) is 1. The average molecular weight is 305 g/mol. The van der Waals surface area contributed by atoms with Crippen LogP contribution < -0.4 is 5.32 Å². The molecule has 1 aromatic carbocycles. The zero-order valence-corrected chi connectivity index (χ0v) is 12.3. The van der Waals surface area contributed by atoms with Crippen molar-refractivity contribution in [3.05, 3.63) is 34.9 Å². The van der Waals surface area contributed by atoms with Gasteiger partial charge in [0.15, 0.2) is 0 Å². The van der Waals surface area contributed by atoms with E-state index in [4.69, 9.17) is 0 Å². The molecule has 1 aliphatic rings. The van der Waals surface area contributed by atoms with Crippen LogP contribution in [0.15, 0.2) is 34.9 Å². The van der Waals surface area contributed by atoms with Crippen molar-refractivity contribution in [2.75, 3.05) is 11.9 Å². The summed E-state index contributed by atoms with van der Waals surface area (Å²) in [5.74, 6) is 1.78. The molecule has 1 N–H and O–H groups in total. The van der Waals surface area contributed by atoms with E-state index in [1.165, 1.54) is 17.2 Å². The van der Waals surface area contributed by atoms with Gasteiger partial charge in [0, 0.05) is 28.0 Å². The topological polar surface area (TPSA) is 24.9 Å². The zero-order chi connectivity index (χ0) is 12.8. The second-order valence-corrected chi connectivity index (χ2v) is 6.62. The number of rotatable bonds is 3. The van der Waals surface area contributed by atoms with Gasteiger partial charge in [0.05, 0.1) is 0 Å². The summed E-state index contributed by atoms with van der Waals surface area (Å²) >= 11 is 3.59. The molecule has 1 saturated carbocycles. The maximum atomic E-state index is 4.46. The Kier molecular flexibility index (Phi) is 2.81. The van der Waals surface area contributed by atoms with Gasteiger partial charge in [-0.25, -0.2) is 4.98 Å². The monoisotopic (exact) mass is 304 g/mol. The summed E-state index contributed by atoms with van der Waals surface area (Å²) in [7, 11) is 0. The molecule has 1 unspecified atom stereocenters. The van der Waals surface area contributed by atoms with Crippen molar-refractivity contribution in [2.24, 2.45) is 11.3 Å². The molecule has 3 rings (SSSR count). The summed E-state index contributed by atoms with van der Waals surface area (Å²) in [5, 5.41) is 5.90. The van der Waals surface area contributed by atoms with E-state index < -0.39 is 0 Å². The molecule has 1 aromatic heterocycles. The van der Waals surface area contributed by atoms with Crippen molar-refractivity contribution >= 4 is 32.5 Å². The summed E-state index contributed by atoms with van der Waals surface area (Å²) in [6.45, 7) is 5.67. The Morgan fingerprint density at radius 2 is 2.11 bits per heavy atom. The van der Waals surface area contributed by atoms with Crippen LogP contribution in [-0.4, -0.2) is 11.5 Å². The second-order valence-electron chi connectivity index (χ2n) is 5.77. The van der Waals surface area contributed by atoms with Gasteiger partial charge in [-0.05, 0) is 29.9 Å². The minimum atomic E-state index is 0.512. The molecule has 0 spiro atoms. The predicted octanol–water partition coefficient (Wildman–Crippen LogP) is 4.46. The van der Waals surface area contributed by atoms with Gasteiger partial charge in [-0.1, -0.05) is 41.9 Å². The zero-order valence-electron chi connectivity index (χ0n) is 10.7. The lowest BCUT2D eigenvalue weighted by Gasteiger charge is -2.10. The maximum Gasteiger partial charge on any atom is 0.133 e. The number of halogens is 1. The molecule has 1 heterocycles. The van der Waals surface area contributed by atoms with Crippen LogP contribution in [0.25, 0.3) is 10.8 Å². The smallest absolute Gasteiger partial charge is 0.133 e. The average Bonchev–Trinajstić information content (AvgIpc) is 2.95. The third-order valence-electron chi connectivity index (χ3n) is 3.99. The van der Waals surface area contributed by atoms with Gasteiger partial charge >= 0.3 is 0 Å². The predicted molar refractivity (Wildman–Crippen MR) is 79.8 cm³/mol. The molecule has 0 amide bonds. The lowest BCUT2D eigenvalue weighted by molar-refractivity contribution is 0.573. The summed E-state index contributed by atoms with van der Waals surface area (Å²) in [6, 6.07) is 8.29. The summed E-state index contributed by atoms with van der Waals surface area (Å²) in [4.78, 5) is 4.46. The van der Waals surface area contributed by atoms with E-state index in [9.17, 15) is 0 Å². The Labute approximate surface area is 116 Å². The first kappa shape index (κ1) is 12.0. The summed E-state index contributed by atoms with van der Waals surface area (Å²) in [6.07, 6.45) is 3.18. The Balaban J connectivity index is 1.86. The van der Waals surface area contributed by atoms with E-state index in [1.807, 2.05) is 12.3 Å². The molecular weight excluding hydrogens is 288 g/mol. The van der Waals surface area contributed by atoms with Gasteiger partial charge < -0.3 is 5.32 Å². The highest BCUT2D eigenvalue weighted by atomic mass is 79.9. The number of pyridine rings is 1. The lowest BCUT2D eigenvalue weighted by atomic mass is 10.1. The van der Waals surface area contributed by atoms with Crippen LogP contribution in [0.2, 0.25) is 0 Å². The standard InChI is InChI=1S/C15H17BrN2/c1-15(2)8-10(15)9-18-14-12-4-3-5-13(16)11(12)6-7-17-14/h3-7,10H,8-9H2,1-2H3,(H,17,18). The van der Waals surface area contributed by atoms with Gasteiger partial charge in [0.1, 0.15) is 5.82 Å². The van der Waals surface area contributed by atoms with E-state index in [-0.39, 0.29) is 0 Å². The number of hydrogen-bond donors (Lipinski definition) is 1. The fourth-order valence-corrected chi connectivity index (χ4v) is 2.95. The van der Waals surface area contributed by atoms with Crippen LogP contribution >= 0.6 is 15.9 Å². The van der Waals surface area contributed by atoms with Crippen molar-refractivity contribution in [1.82, 2.24) is 4.98 Å². The fourth-order valence-electron chi connectivity index (χ4n) is 2.45. The van der Waals surface area contributed by atoms with Crippen LogP contribution in [-0.2, 0) is 0 Å². The Morgan fingerprint density at radius 1 is 1.33 bits per heavy atom. The van der Waals surface area contributed by atoms with E-state index in [1.54, 1.807) is 0 Å². The Bertz CT molecular complexity index is 592. The first-order valence-corrected chi connectivity index (χ1v) is 7.14. The molecule has 18 heavy (non-hydrogen) atoms. The van der Waals surface area contributed by atoms with Crippen LogP contribution in [0.5, 0.6) is 0 Å². The maximum absolute atomic E-state index is 4.46. The van der Waals surface area contributed by atoms with Crippen LogP contribution in [0.1, 0.15) is 20.3 Å². The molecule has 0 radical (unpaired) electrons. The summed E-state index contributed by atoms with van der Waals surface area (Å²) in [5.41, 5.74) is 0.512. The lowest BCUT2D eigenvalue weighted by Crippen LogP contribution is -2.08. The summed E-state index contributed by atoms with van der Waals surface area (Å²) < 4.78 is 1.12. The highest BCUT2D eigenvalue weighted by Crippen LogP contribution is 2.51. The molecule has 0 saturated heterocycles. The Morgan fingerprint density at radius 3 is 2.83 bits per heavy atom. The van der Waals surface area contributed by atoms with Gasteiger partial charge in [0.25, 0.3) is 0 Å². The van der Waals surface area contributed by atoms with Crippen LogP contribution in [0.3, 0.4) is 0 Å². The van der Waals surface area contributed by atoms with Crippen molar-refractivity contribution in [2.45, 2.75) is 20.3 Å². The van der Waals surface area contributed by atoms with Gasteiger partial charge in [0.2, 0.25) is 0 Å². The molecule has 1 fully saturated rings. The van der Waals surface area contributed by atoms with E-state index in [2.05, 4.69) is 58.3 Å². The highest BCUT2D eigenvalue weighted by molar-refractivity contribution is 9.10. The number of aromatic nitrogens is 1. The van der Waals surface area contributed by atoms with Gasteiger partial charge in [-0.2, -0.15) is 0 Å². The third kappa shape index (κ3) is 2.12. The van der Waals surface area contributed by atoms with Gasteiger partial charge in [-0.3, -0.25) is 0 Å². The first-order valence-electron chi connectivity index (χ1n) is 6.35.